The van der Waals surface area contributed by atoms with Gasteiger partial charge < -0.3 is 0 Å². The normalized spacial score (nSPS) is 20.5. The zero-order valence-electron chi connectivity index (χ0n) is 9.68. The molecule has 1 rings (SSSR count). The van der Waals surface area contributed by atoms with Gasteiger partial charge in [0.2, 0.25) is 0 Å². The van der Waals surface area contributed by atoms with E-state index in [9.17, 15) is 0 Å². The van der Waals surface area contributed by atoms with Crippen molar-refractivity contribution >= 4 is 7.26 Å². The second-order valence-corrected chi connectivity index (χ2v) is 9.81. The van der Waals surface area contributed by atoms with Crippen LogP contribution in [0.25, 0.3) is 0 Å². The lowest BCUT2D eigenvalue weighted by molar-refractivity contribution is 0.388. The maximum atomic E-state index is 2.58. The summed E-state index contributed by atoms with van der Waals surface area (Å²) < 4.78 is 0. The first-order chi connectivity index (χ1) is 6.20. The average Bonchev–Trinajstić information content (AvgIpc) is 2.19. The lowest BCUT2D eigenvalue weighted by atomic mass is 9.91. The van der Waals surface area contributed by atoms with Crippen LogP contribution in [-0.4, -0.2) is 25.2 Å². The van der Waals surface area contributed by atoms with E-state index in [0.717, 1.165) is 5.92 Å². The molecular formula is C12H26P+. The van der Waals surface area contributed by atoms with E-state index >= 15 is 0 Å². The van der Waals surface area contributed by atoms with Crippen LogP contribution in [0.5, 0.6) is 0 Å². The zero-order chi connectivity index (χ0) is 9.73. The van der Waals surface area contributed by atoms with Gasteiger partial charge in [-0.25, -0.2) is 0 Å². The van der Waals surface area contributed by atoms with Gasteiger partial charge in [-0.2, -0.15) is 0 Å². The van der Waals surface area contributed by atoms with Gasteiger partial charge in [0.05, 0.1) is 18.5 Å². The Kier molecular flexibility index (Phi) is 4.73. The molecule has 0 nitrogen and oxygen atoms in total. The molecule has 0 aromatic carbocycles. The molecule has 0 atom stereocenters. The molecule has 0 aromatic rings. The van der Waals surface area contributed by atoms with Crippen LogP contribution in [0.3, 0.4) is 0 Å². The Hall–Kier alpha value is 0.430. The van der Waals surface area contributed by atoms with Crippen LogP contribution in [0.2, 0.25) is 0 Å². The summed E-state index contributed by atoms with van der Waals surface area (Å²) in [5.74, 6) is 1.10. The summed E-state index contributed by atoms with van der Waals surface area (Å²) >= 11 is 0. The van der Waals surface area contributed by atoms with E-state index in [1.54, 1.807) is 6.16 Å². The summed E-state index contributed by atoms with van der Waals surface area (Å²) in [6.45, 7) is 7.39. The first-order valence-corrected chi connectivity index (χ1v) is 8.83. The van der Waals surface area contributed by atoms with Crippen molar-refractivity contribution in [2.24, 2.45) is 5.92 Å². The highest BCUT2D eigenvalue weighted by molar-refractivity contribution is 7.75. The fourth-order valence-corrected chi connectivity index (χ4v) is 5.05. The minimum Gasteiger partial charge on any atom is -0.0533 e. The minimum absolute atomic E-state index is 0.500. The lowest BCUT2D eigenvalue weighted by Crippen LogP contribution is -2.15. The molecule has 1 heteroatoms. The number of hydrogen-bond donors (Lipinski definition) is 0. The Balaban J connectivity index is 2.35. The molecule has 78 valence electrons. The largest absolute Gasteiger partial charge is 0.0619 e. The van der Waals surface area contributed by atoms with E-state index in [0.29, 0.717) is 0 Å². The summed E-state index contributed by atoms with van der Waals surface area (Å²) in [5, 5.41) is 0. The van der Waals surface area contributed by atoms with Gasteiger partial charge in [0.15, 0.2) is 0 Å². The topological polar surface area (TPSA) is 0 Å². The second-order valence-electron chi connectivity index (χ2n) is 4.94. The average molecular weight is 201 g/mol. The highest BCUT2D eigenvalue weighted by atomic mass is 31.2. The van der Waals surface area contributed by atoms with Gasteiger partial charge in [-0.15, -0.1) is 0 Å². The first-order valence-electron chi connectivity index (χ1n) is 6.03. The van der Waals surface area contributed by atoms with E-state index in [1.807, 2.05) is 0 Å². The molecule has 1 fully saturated rings. The summed E-state index contributed by atoms with van der Waals surface area (Å²) in [6, 6.07) is 0. The minimum atomic E-state index is -0.500. The molecule has 0 spiro atoms. The fraction of sp³-hybridized carbons (Fsp3) is 1.00. The van der Waals surface area contributed by atoms with E-state index in [4.69, 9.17) is 0 Å². The molecular weight excluding hydrogens is 175 g/mol. The molecule has 0 aliphatic heterocycles. The SMILES string of the molecule is CC[P+](C)(CC)CC1CCCCC1. The first kappa shape index (κ1) is 11.5. The highest BCUT2D eigenvalue weighted by Gasteiger charge is 2.31. The Morgan fingerprint density at radius 3 is 2.00 bits per heavy atom. The van der Waals surface area contributed by atoms with Crippen molar-refractivity contribution in [3.63, 3.8) is 0 Å². The molecule has 1 aliphatic carbocycles. The second kappa shape index (κ2) is 5.35. The van der Waals surface area contributed by atoms with E-state index < -0.39 is 7.26 Å². The third-order valence-corrected chi connectivity index (χ3v) is 8.40. The predicted octanol–water partition coefficient (Wildman–Crippen LogP) is 4.25. The molecule has 0 bridgehead atoms. The van der Waals surface area contributed by atoms with Crippen LogP contribution in [0.4, 0.5) is 0 Å². The molecule has 0 aromatic heterocycles. The standard InChI is InChI=1S/C12H26P/c1-4-13(3,5-2)11-12-9-7-6-8-10-12/h12H,4-11H2,1-3H3/q+1. The molecule has 0 radical (unpaired) electrons. The quantitative estimate of drug-likeness (QED) is 0.596. The van der Waals surface area contributed by atoms with Gasteiger partial charge in [-0.3, -0.25) is 0 Å². The fourth-order valence-electron chi connectivity index (χ4n) is 2.47. The molecule has 13 heavy (non-hydrogen) atoms. The number of hydrogen-bond acceptors (Lipinski definition) is 0. The van der Waals surface area contributed by atoms with Crippen LogP contribution in [0.15, 0.2) is 0 Å². The third kappa shape index (κ3) is 3.58. The van der Waals surface area contributed by atoms with Crippen LogP contribution in [0.1, 0.15) is 46.0 Å². The molecule has 0 saturated heterocycles. The summed E-state index contributed by atoms with van der Waals surface area (Å²) in [6.07, 6.45) is 12.1. The van der Waals surface area contributed by atoms with E-state index in [1.165, 1.54) is 44.4 Å². The predicted molar refractivity (Wildman–Crippen MR) is 65.4 cm³/mol. The summed E-state index contributed by atoms with van der Waals surface area (Å²) in [4.78, 5) is 0. The molecule has 1 saturated carbocycles. The lowest BCUT2D eigenvalue weighted by Gasteiger charge is -2.28. The van der Waals surface area contributed by atoms with Gasteiger partial charge in [0, 0.05) is 13.9 Å². The Bertz CT molecular complexity index is 132. The maximum absolute atomic E-state index is 2.58. The summed E-state index contributed by atoms with van der Waals surface area (Å²) in [7, 11) is -0.500. The zero-order valence-corrected chi connectivity index (χ0v) is 10.6. The van der Waals surface area contributed by atoms with Crippen molar-refractivity contribution in [3.8, 4) is 0 Å². The third-order valence-electron chi connectivity index (χ3n) is 3.95. The van der Waals surface area contributed by atoms with E-state index in [2.05, 4.69) is 20.5 Å². The van der Waals surface area contributed by atoms with Gasteiger partial charge in [0.25, 0.3) is 0 Å². The van der Waals surface area contributed by atoms with Crippen LogP contribution in [0, 0.1) is 5.92 Å². The Morgan fingerprint density at radius 1 is 1.00 bits per heavy atom. The van der Waals surface area contributed by atoms with Gasteiger partial charge in [-0.1, -0.05) is 19.3 Å². The smallest absolute Gasteiger partial charge is 0.0533 e. The van der Waals surface area contributed by atoms with Crippen LogP contribution in [-0.2, 0) is 0 Å². The maximum Gasteiger partial charge on any atom is 0.0619 e. The van der Waals surface area contributed by atoms with E-state index in [-0.39, 0.29) is 0 Å². The Morgan fingerprint density at radius 2 is 1.54 bits per heavy atom. The van der Waals surface area contributed by atoms with Crippen molar-refractivity contribution in [3.05, 3.63) is 0 Å². The Labute approximate surface area is 84.8 Å². The van der Waals surface area contributed by atoms with Gasteiger partial charge in [-0.05, 0) is 32.6 Å². The van der Waals surface area contributed by atoms with Crippen molar-refractivity contribution in [2.75, 3.05) is 25.2 Å². The van der Waals surface area contributed by atoms with Crippen molar-refractivity contribution in [1.82, 2.24) is 0 Å². The molecule has 0 amide bonds. The van der Waals surface area contributed by atoms with Crippen LogP contribution >= 0.6 is 7.26 Å². The molecule has 0 heterocycles. The van der Waals surface area contributed by atoms with Gasteiger partial charge >= 0.3 is 0 Å². The molecule has 1 aliphatic rings. The summed E-state index contributed by atoms with van der Waals surface area (Å²) in [5.41, 5.74) is 0. The van der Waals surface area contributed by atoms with Crippen molar-refractivity contribution in [2.45, 2.75) is 46.0 Å². The highest BCUT2D eigenvalue weighted by Crippen LogP contribution is 2.56. The van der Waals surface area contributed by atoms with Crippen molar-refractivity contribution in [1.29, 1.82) is 0 Å². The molecule has 0 unspecified atom stereocenters. The molecule has 0 N–H and O–H groups in total. The van der Waals surface area contributed by atoms with Gasteiger partial charge in [0.1, 0.15) is 0 Å². The number of rotatable bonds is 4. The van der Waals surface area contributed by atoms with Crippen molar-refractivity contribution < 1.29 is 0 Å². The monoisotopic (exact) mass is 201 g/mol. The van der Waals surface area contributed by atoms with Crippen LogP contribution < -0.4 is 0 Å².